The largest absolute Gasteiger partial charge is 0.483 e. The number of nitrogens with two attached hydrogens (primary N) is 1. The predicted octanol–water partition coefficient (Wildman–Crippen LogP) is 5.11. The molecule has 0 saturated carbocycles. The summed E-state index contributed by atoms with van der Waals surface area (Å²) in [5, 5.41) is 1.12. The normalized spacial score (nSPS) is 31.3. The molecule has 2 N–H and O–H groups in total. The lowest BCUT2D eigenvalue weighted by Gasteiger charge is -2.64. The van der Waals surface area contributed by atoms with Gasteiger partial charge in [-0.2, -0.15) is 0 Å². The van der Waals surface area contributed by atoms with Crippen LogP contribution >= 0.6 is 0 Å². The molecule has 1 spiro atoms. The van der Waals surface area contributed by atoms with Crippen LogP contribution in [0, 0.1) is 12.3 Å². The number of ether oxygens (including phenoxy) is 1. The van der Waals surface area contributed by atoms with Crippen molar-refractivity contribution in [3.8, 4) is 5.75 Å². The van der Waals surface area contributed by atoms with Crippen LogP contribution in [0.4, 0.5) is 5.69 Å². The summed E-state index contributed by atoms with van der Waals surface area (Å²) in [7, 11) is 2.30. The number of pyridine rings is 1. The predicted molar refractivity (Wildman–Crippen MR) is 136 cm³/mol. The highest BCUT2D eigenvalue weighted by Gasteiger charge is 2.70. The van der Waals surface area contributed by atoms with Crippen molar-refractivity contribution in [2.24, 2.45) is 16.1 Å². The molecule has 8 rings (SSSR count). The standard InChI is InChI=1S/C27H26N4O.C2H6/c1-13-7-8-14-11-18-26(2)12-16-21-19-15(25(28)30-21)5-4-6-17(19)29-22(16)24-27(26,9-10-31(18)3)20(14)23(13)32-24;1-2/h4-8,18,24H,9-12H2,1-3H3,(H2,28,30);1-2H3/t18-,24+,26+,27+;/m1./s1. The third-order valence-corrected chi connectivity index (χ3v) is 9.54. The number of likely N-dealkylation sites (tertiary alicyclic amines) is 1. The molecule has 1 saturated heterocycles. The van der Waals surface area contributed by atoms with E-state index in [4.69, 9.17) is 20.4 Å². The molecule has 0 unspecified atom stereocenters. The summed E-state index contributed by atoms with van der Waals surface area (Å²) in [4.78, 5) is 12.8. The summed E-state index contributed by atoms with van der Waals surface area (Å²) in [6.07, 6.45) is 3.08. The smallest absolute Gasteiger partial charge is 0.151 e. The van der Waals surface area contributed by atoms with Gasteiger partial charge in [-0.05, 0) is 57.0 Å². The number of aromatic nitrogens is 1. The first-order chi connectivity index (χ1) is 16.4. The topological polar surface area (TPSA) is 63.7 Å². The number of fused-ring (bicyclic) bond motifs is 3. The molecule has 3 aliphatic heterocycles. The van der Waals surface area contributed by atoms with Crippen LogP contribution in [0.2, 0.25) is 0 Å². The zero-order valence-electron chi connectivity index (χ0n) is 20.7. The van der Waals surface area contributed by atoms with Crippen LogP contribution in [0.5, 0.6) is 5.75 Å². The molecule has 4 atom stereocenters. The number of hydrogen-bond acceptors (Lipinski definition) is 5. The van der Waals surface area contributed by atoms with Gasteiger partial charge in [0.25, 0.3) is 0 Å². The van der Waals surface area contributed by atoms with Crippen molar-refractivity contribution in [1.29, 1.82) is 0 Å². The van der Waals surface area contributed by atoms with Gasteiger partial charge in [-0.3, -0.25) is 0 Å². The molecule has 1 aromatic heterocycles. The number of aryl methyl sites for hydroxylation is 1. The van der Waals surface area contributed by atoms with Gasteiger partial charge in [-0.1, -0.05) is 45.0 Å². The van der Waals surface area contributed by atoms with E-state index in [1.807, 2.05) is 19.9 Å². The van der Waals surface area contributed by atoms with Gasteiger partial charge >= 0.3 is 0 Å². The molecule has 5 aliphatic rings. The monoisotopic (exact) mass is 452 g/mol. The molecule has 2 bridgehead atoms. The Kier molecular flexibility index (Phi) is 3.85. The summed E-state index contributed by atoms with van der Waals surface area (Å²) in [5.74, 6) is 1.73. The Labute approximate surface area is 201 Å². The van der Waals surface area contributed by atoms with Gasteiger partial charge in [0, 0.05) is 33.5 Å². The average molecular weight is 453 g/mol. The van der Waals surface area contributed by atoms with E-state index in [0.717, 1.165) is 59.4 Å². The van der Waals surface area contributed by atoms with Crippen molar-refractivity contribution >= 4 is 22.4 Å². The van der Waals surface area contributed by atoms with Crippen LogP contribution < -0.4 is 10.5 Å². The second-order valence-corrected chi connectivity index (χ2v) is 10.8. The number of benzene rings is 2. The lowest BCUT2D eigenvalue weighted by Crippen LogP contribution is -2.68. The molecule has 4 heterocycles. The minimum atomic E-state index is -0.0658. The minimum absolute atomic E-state index is 0.0367. The Hall–Kier alpha value is -2.92. The van der Waals surface area contributed by atoms with Gasteiger partial charge in [-0.15, -0.1) is 0 Å². The van der Waals surface area contributed by atoms with Crippen molar-refractivity contribution in [2.45, 2.75) is 64.5 Å². The lowest BCUT2D eigenvalue weighted by molar-refractivity contribution is -0.0908. The Bertz CT molecular complexity index is 1440. The molecular formula is C29H32N4O. The maximum atomic E-state index is 6.97. The van der Waals surface area contributed by atoms with Crippen LogP contribution in [0.3, 0.4) is 0 Å². The van der Waals surface area contributed by atoms with Crippen molar-refractivity contribution in [1.82, 2.24) is 9.88 Å². The summed E-state index contributed by atoms with van der Waals surface area (Å²) < 4.78 is 6.97. The van der Waals surface area contributed by atoms with E-state index in [0.29, 0.717) is 11.9 Å². The second kappa shape index (κ2) is 6.39. The van der Waals surface area contributed by atoms with E-state index in [9.17, 15) is 0 Å². The summed E-state index contributed by atoms with van der Waals surface area (Å²) in [5.41, 5.74) is 16.0. The van der Waals surface area contributed by atoms with E-state index in [1.165, 1.54) is 22.3 Å². The lowest BCUT2D eigenvalue weighted by atomic mass is 9.44. The summed E-state index contributed by atoms with van der Waals surface area (Å²) >= 11 is 0. The van der Waals surface area contributed by atoms with Gasteiger partial charge in [0.2, 0.25) is 0 Å². The third-order valence-electron chi connectivity index (χ3n) is 9.54. The van der Waals surface area contributed by atoms with Crippen LogP contribution in [-0.2, 0) is 18.3 Å². The number of amidine groups is 1. The van der Waals surface area contributed by atoms with E-state index >= 15 is 0 Å². The maximum Gasteiger partial charge on any atom is 0.151 e. The van der Waals surface area contributed by atoms with Crippen LogP contribution in [0.1, 0.15) is 66.8 Å². The van der Waals surface area contributed by atoms with E-state index in [-0.39, 0.29) is 16.9 Å². The van der Waals surface area contributed by atoms with Gasteiger partial charge in [0.05, 0.1) is 22.3 Å². The molecule has 3 aromatic rings. The number of nitrogens with zero attached hydrogens (tertiary/aromatic N) is 3. The average Bonchev–Trinajstić information content (AvgIpc) is 3.37. The molecule has 0 radical (unpaired) electrons. The highest BCUT2D eigenvalue weighted by molar-refractivity contribution is 6.18. The first kappa shape index (κ1) is 20.5. The molecule has 174 valence electrons. The number of aliphatic imine (C=N–C) groups is 1. The van der Waals surface area contributed by atoms with Crippen molar-refractivity contribution < 1.29 is 4.74 Å². The molecule has 5 heteroatoms. The second-order valence-electron chi connectivity index (χ2n) is 10.8. The molecule has 0 amide bonds. The molecule has 1 fully saturated rings. The molecule has 2 aliphatic carbocycles. The van der Waals surface area contributed by atoms with Crippen molar-refractivity contribution in [3.63, 3.8) is 0 Å². The van der Waals surface area contributed by atoms with Gasteiger partial charge in [-0.25, -0.2) is 9.98 Å². The van der Waals surface area contributed by atoms with Gasteiger partial charge < -0.3 is 15.4 Å². The quantitative estimate of drug-likeness (QED) is 0.515. The molecule has 34 heavy (non-hydrogen) atoms. The molecule has 2 aromatic carbocycles. The minimum Gasteiger partial charge on any atom is -0.483 e. The SMILES string of the molecule is CC.Cc1ccc2c3c1O[C@H]1c4nc5cccc6c5c(c4C[C@@]4(C)[C@@H](C2)N(C)CC[C@]314)N=C6N. The fraction of sp³-hybridized carbons (Fsp3) is 0.448. The highest BCUT2D eigenvalue weighted by atomic mass is 16.5. The Morgan fingerprint density at radius 2 is 2.00 bits per heavy atom. The zero-order chi connectivity index (χ0) is 23.6. The van der Waals surface area contributed by atoms with Crippen LogP contribution in [0.25, 0.3) is 10.9 Å². The van der Waals surface area contributed by atoms with Crippen LogP contribution in [-0.4, -0.2) is 35.4 Å². The number of likely N-dealkylation sites (N-methyl/N-ethyl adjacent to an activating group) is 1. The fourth-order valence-electron chi connectivity index (χ4n) is 8.09. The Balaban J connectivity index is 0.000000977. The number of piperidine rings is 1. The Morgan fingerprint density at radius 3 is 2.82 bits per heavy atom. The third kappa shape index (κ3) is 2.04. The highest BCUT2D eigenvalue weighted by Crippen LogP contribution is 2.71. The first-order valence-electron chi connectivity index (χ1n) is 12.7. The number of rotatable bonds is 0. The fourth-order valence-corrected chi connectivity index (χ4v) is 8.09. The first-order valence-corrected chi connectivity index (χ1v) is 12.7. The Morgan fingerprint density at radius 1 is 1.18 bits per heavy atom. The van der Waals surface area contributed by atoms with Gasteiger partial charge in [0.1, 0.15) is 11.6 Å². The van der Waals surface area contributed by atoms with Crippen molar-refractivity contribution in [3.05, 3.63) is 63.8 Å². The van der Waals surface area contributed by atoms with Gasteiger partial charge in [0.15, 0.2) is 6.10 Å². The van der Waals surface area contributed by atoms with Crippen LogP contribution in [0.15, 0.2) is 35.3 Å². The van der Waals surface area contributed by atoms with E-state index in [1.54, 1.807) is 0 Å². The summed E-state index contributed by atoms with van der Waals surface area (Å²) in [6.45, 7) is 9.80. The van der Waals surface area contributed by atoms with E-state index in [2.05, 4.69) is 50.1 Å². The zero-order valence-corrected chi connectivity index (χ0v) is 20.7. The van der Waals surface area contributed by atoms with E-state index < -0.39 is 0 Å². The maximum absolute atomic E-state index is 6.97. The number of hydrogen-bond donors (Lipinski definition) is 1. The molecule has 5 nitrogen and oxygen atoms in total. The molecular weight excluding hydrogens is 420 g/mol. The van der Waals surface area contributed by atoms with Crippen molar-refractivity contribution in [2.75, 3.05) is 13.6 Å². The summed E-state index contributed by atoms with van der Waals surface area (Å²) in [6, 6.07) is 11.3.